The Bertz CT molecular complexity index is 854. The smallest absolute Gasteiger partial charge is 0.263 e. The average Bonchev–Trinajstić information content (AvgIpc) is 2.42. The SMILES string of the molecule is NC(=O)c1ccccc1NS(=O)(=O)c1cc(Cl)c(Cl)cc1Cl. The van der Waals surface area contributed by atoms with Crippen molar-refractivity contribution in [2.24, 2.45) is 5.73 Å². The second kappa shape index (κ2) is 6.34. The zero-order valence-electron chi connectivity index (χ0n) is 10.8. The predicted octanol–water partition coefficient (Wildman–Crippen LogP) is 3.55. The number of halogens is 3. The molecule has 0 atom stereocenters. The first-order chi connectivity index (χ1) is 10.2. The predicted molar refractivity (Wildman–Crippen MR) is 87.2 cm³/mol. The van der Waals surface area contributed by atoms with Crippen molar-refractivity contribution in [2.45, 2.75) is 4.90 Å². The average molecular weight is 380 g/mol. The van der Waals surface area contributed by atoms with Gasteiger partial charge in [-0.3, -0.25) is 9.52 Å². The van der Waals surface area contributed by atoms with Gasteiger partial charge in [0.05, 0.1) is 26.3 Å². The van der Waals surface area contributed by atoms with Crippen LogP contribution in [0.15, 0.2) is 41.3 Å². The molecule has 3 N–H and O–H groups in total. The Morgan fingerprint density at radius 1 is 1.00 bits per heavy atom. The second-order valence-electron chi connectivity index (χ2n) is 4.21. The fourth-order valence-electron chi connectivity index (χ4n) is 1.70. The highest BCUT2D eigenvalue weighted by Crippen LogP contribution is 2.32. The fourth-order valence-corrected chi connectivity index (χ4v) is 3.78. The van der Waals surface area contributed by atoms with Gasteiger partial charge in [-0.05, 0) is 24.3 Å². The van der Waals surface area contributed by atoms with Crippen LogP contribution in [0.3, 0.4) is 0 Å². The van der Waals surface area contributed by atoms with Crippen LogP contribution in [0.4, 0.5) is 5.69 Å². The first-order valence-corrected chi connectivity index (χ1v) is 8.40. The molecular formula is C13H9Cl3N2O3S. The number of amides is 1. The number of carbonyl (C=O) groups is 1. The molecule has 0 saturated heterocycles. The minimum absolute atomic E-state index is 0.0299. The van der Waals surface area contributed by atoms with E-state index in [2.05, 4.69) is 4.72 Å². The van der Waals surface area contributed by atoms with Crippen molar-refractivity contribution in [1.29, 1.82) is 0 Å². The third-order valence-corrected chi connectivity index (χ3v) is 5.25. The number of nitrogens with two attached hydrogens (primary N) is 1. The number of primary amides is 1. The van der Waals surface area contributed by atoms with Crippen LogP contribution in [0.5, 0.6) is 0 Å². The molecule has 5 nitrogen and oxygen atoms in total. The van der Waals surface area contributed by atoms with E-state index in [9.17, 15) is 13.2 Å². The van der Waals surface area contributed by atoms with E-state index in [1.165, 1.54) is 18.2 Å². The summed E-state index contributed by atoms with van der Waals surface area (Å²) in [5.74, 6) is -0.765. The molecule has 0 spiro atoms. The molecule has 2 aromatic rings. The van der Waals surface area contributed by atoms with Crippen LogP contribution in [-0.2, 0) is 10.0 Å². The van der Waals surface area contributed by atoms with Crippen molar-refractivity contribution < 1.29 is 13.2 Å². The fraction of sp³-hybridized carbons (Fsp3) is 0. The largest absolute Gasteiger partial charge is 0.366 e. The molecule has 0 aliphatic heterocycles. The van der Waals surface area contributed by atoms with Crippen LogP contribution in [0, 0.1) is 0 Å². The lowest BCUT2D eigenvalue weighted by atomic mass is 10.2. The van der Waals surface area contributed by atoms with E-state index in [4.69, 9.17) is 40.5 Å². The number of carbonyl (C=O) groups excluding carboxylic acids is 1. The molecule has 0 saturated carbocycles. The van der Waals surface area contributed by atoms with Crippen LogP contribution in [0.25, 0.3) is 0 Å². The molecule has 0 heterocycles. The number of hydrogen-bond donors (Lipinski definition) is 2. The zero-order valence-corrected chi connectivity index (χ0v) is 13.9. The molecule has 0 fully saturated rings. The van der Waals surface area contributed by atoms with Gasteiger partial charge in [0.2, 0.25) is 0 Å². The Balaban J connectivity index is 2.50. The second-order valence-corrected chi connectivity index (χ2v) is 7.08. The lowest BCUT2D eigenvalue weighted by molar-refractivity contribution is 0.100. The minimum atomic E-state index is -4.07. The lowest BCUT2D eigenvalue weighted by Crippen LogP contribution is -2.18. The first-order valence-electron chi connectivity index (χ1n) is 5.78. The van der Waals surface area contributed by atoms with Crippen LogP contribution in [0.2, 0.25) is 15.1 Å². The summed E-state index contributed by atoms with van der Waals surface area (Å²) in [6.07, 6.45) is 0. The maximum absolute atomic E-state index is 12.4. The summed E-state index contributed by atoms with van der Waals surface area (Å²) in [5, 5.41) is 0.0660. The van der Waals surface area contributed by atoms with Crippen molar-refractivity contribution in [1.82, 2.24) is 0 Å². The van der Waals surface area contributed by atoms with Gasteiger partial charge in [0.1, 0.15) is 4.90 Å². The van der Waals surface area contributed by atoms with Gasteiger partial charge in [0.15, 0.2) is 0 Å². The normalized spacial score (nSPS) is 11.2. The summed E-state index contributed by atoms with van der Waals surface area (Å²) in [6, 6.07) is 8.27. The number of para-hydroxylation sites is 1. The Kier molecular flexibility index (Phi) is 4.87. The van der Waals surface area contributed by atoms with Crippen molar-refractivity contribution in [2.75, 3.05) is 4.72 Å². The summed E-state index contributed by atoms with van der Waals surface area (Å²) in [4.78, 5) is 11.1. The van der Waals surface area contributed by atoms with E-state index in [0.29, 0.717) is 0 Å². The maximum Gasteiger partial charge on any atom is 0.263 e. The molecule has 0 bridgehead atoms. The van der Waals surface area contributed by atoms with E-state index >= 15 is 0 Å². The number of rotatable bonds is 4. The summed E-state index contributed by atoms with van der Waals surface area (Å²) in [7, 11) is -4.07. The van der Waals surface area contributed by atoms with Crippen molar-refractivity contribution >= 4 is 56.4 Å². The van der Waals surface area contributed by atoms with Crippen LogP contribution in [-0.4, -0.2) is 14.3 Å². The van der Waals surface area contributed by atoms with Gasteiger partial charge >= 0.3 is 0 Å². The molecular weight excluding hydrogens is 371 g/mol. The minimum Gasteiger partial charge on any atom is -0.366 e. The van der Waals surface area contributed by atoms with Crippen LogP contribution in [0.1, 0.15) is 10.4 Å². The number of anilines is 1. The van der Waals surface area contributed by atoms with E-state index in [1.807, 2.05) is 0 Å². The molecule has 0 aliphatic rings. The Morgan fingerprint density at radius 3 is 2.23 bits per heavy atom. The van der Waals surface area contributed by atoms with Crippen molar-refractivity contribution in [3.05, 3.63) is 57.0 Å². The van der Waals surface area contributed by atoms with E-state index in [-0.39, 0.29) is 31.2 Å². The quantitative estimate of drug-likeness (QED) is 0.796. The Hall–Kier alpha value is -1.47. The molecule has 2 rings (SSSR count). The lowest BCUT2D eigenvalue weighted by Gasteiger charge is -2.12. The Labute approximate surface area is 142 Å². The standard InChI is InChI=1S/C13H9Cl3N2O3S/c14-8-5-10(16)12(6-9(8)15)22(20,21)18-11-4-2-1-3-7(11)13(17)19/h1-6,18H,(H2,17,19). The summed E-state index contributed by atoms with van der Waals surface area (Å²) < 4.78 is 27.1. The molecule has 1 amide bonds. The maximum atomic E-state index is 12.4. The third kappa shape index (κ3) is 3.47. The molecule has 116 valence electrons. The van der Waals surface area contributed by atoms with Crippen LogP contribution >= 0.6 is 34.8 Å². The number of nitrogens with one attached hydrogen (secondary N) is 1. The Morgan fingerprint density at radius 2 is 1.59 bits per heavy atom. The number of sulfonamides is 1. The van der Waals surface area contributed by atoms with E-state index < -0.39 is 15.9 Å². The summed E-state index contributed by atoms with van der Waals surface area (Å²) in [5.41, 5.74) is 5.28. The van der Waals surface area contributed by atoms with E-state index in [0.717, 1.165) is 6.07 Å². The van der Waals surface area contributed by atoms with Crippen molar-refractivity contribution in [3.8, 4) is 0 Å². The first kappa shape index (κ1) is 16.9. The summed E-state index contributed by atoms with van der Waals surface area (Å²) >= 11 is 17.5. The topological polar surface area (TPSA) is 89.3 Å². The van der Waals surface area contributed by atoms with Gasteiger partial charge in [0, 0.05) is 0 Å². The van der Waals surface area contributed by atoms with Gasteiger partial charge in [-0.2, -0.15) is 0 Å². The number of benzene rings is 2. The van der Waals surface area contributed by atoms with Crippen molar-refractivity contribution in [3.63, 3.8) is 0 Å². The molecule has 2 aromatic carbocycles. The molecule has 0 aromatic heterocycles. The molecule has 0 aliphatic carbocycles. The molecule has 0 unspecified atom stereocenters. The zero-order chi connectivity index (χ0) is 16.5. The van der Waals surface area contributed by atoms with Crippen LogP contribution < -0.4 is 10.5 Å². The van der Waals surface area contributed by atoms with E-state index in [1.54, 1.807) is 12.1 Å². The molecule has 0 radical (unpaired) electrons. The molecule has 9 heteroatoms. The number of hydrogen-bond acceptors (Lipinski definition) is 3. The summed E-state index contributed by atoms with van der Waals surface area (Å²) in [6.45, 7) is 0. The monoisotopic (exact) mass is 378 g/mol. The van der Waals surface area contributed by atoms with Gasteiger partial charge in [-0.25, -0.2) is 8.42 Å². The highest BCUT2D eigenvalue weighted by atomic mass is 35.5. The van der Waals surface area contributed by atoms with Gasteiger partial charge < -0.3 is 5.73 Å². The molecule has 22 heavy (non-hydrogen) atoms. The highest BCUT2D eigenvalue weighted by Gasteiger charge is 2.22. The van der Waals surface area contributed by atoms with Gasteiger partial charge in [-0.15, -0.1) is 0 Å². The third-order valence-electron chi connectivity index (χ3n) is 2.70. The van der Waals surface area contributed by atoms with Gasteiger partial charge in [-0.1, -0.05) is 46.9 Å². The highest BCUT2D eigenvalue weighted by molar-refractivity contribution is 7.92. The van der Waals surface area contributed by atoms with Gasteiger partial charge in [0.25, 0.3) is 15.9 Å².